The van der Waals surface area contributed by atoms with Gasteiger partial charge in [0.15, 0.2) is 4.77 Å². The first-order valence-corrected chi connectivity index (χ1v) is 8.62. The van der Waals surface area contributed by atoms with Crippen LogP contribution in [0.25, 0.3) is 5.69 Å². The SMILES string of the molecule is O=c1[nH]c(=S)n(-c2ccccc2)c(O)c1[C@H]1[NH2+]CCc2ccccc21. The lowest BCUT2D eigenvalue weighted by atomic mass is 9.90. The van der Waals surface area contributed by atoms with Crippen LogP contribution in [-0.4, -0.2) is 21.2 Å². The first-order valence-electron chi connectivity index (χ1n) is 8.21. The van der Waals surface area contributed by atoms with Crippen molar-refractivity contribution in [2.45, 2.75) is 12.5 Å². The molecule has 2 heterocycles. The summed E-state index contributed by atoms with van der Waals surface area (Å²) in [5.74, 6) is -0.0992. The van der Waals surface area contributed by atoms with E-state index in [-0.39, 0.29) is 22.3 Å². The van der Waals surface area contributed by atoms with Gasteiger partial charge in [-0.15, -0.1) is 0 Å². The number of nitrogens with zero attached hydrogens (tertiary/aromatic N) is 1. The van der Waals surface area contributed by atoms with E-state index in [1.165, 1.54) is 10.1 Å². The standard InChI is InChI=1S/C19H17N3O2S/c23-17-15(16-14-9-5-4-6-12(14)10-11-20-16)18(24)22(19(25)21-17)13-7-2-1-3-8-13/h1-9,16,20,24H,10-11H2,(H,21,23,25)/p+1/t16-/m0/s1. The van der Waals surface area contributed by atoms with Crippen LogP contribution < -0.4 is 10.9 Å². The van der Waals surface area contributed by atoms with E-state index in [1.807, 2.05) is 48.5 Å². The summed E-state index contributed by atoms with van der Waals surface area (Å²) < 4.78 is 1.69. The highest BCUT2D eigenvalue weighted by atomic mass is 32.1. The van der Waals surface area contributed by atoms with Crippen molar-refractivity contribution in [3.8, 4) is 11.6 Å². The first-order chi connectivity index (χ1) is 12.2. The molecule has 5 nitrogen and oxygen atoms in total. The lowest BCUT2D eigenvalue weighted by Crippen LogP contribution is -2.87. The molecule has 1 aromatic heterocycles. The van der Waals surface area contributed by atoms with Crippen LogP contribution in [0.15, 0.2) is 59.4 Å². The number of aromatic nitrogens is 2. The lowest BCUT2D eigenvalue weighted by molar-refractivity contribution is -0.690. The number of hydrogen-bond acceptors (Lipinski definition) is 3. The summed E-state index contributed by atoms with van der Waals surface area (Å²) in [4.78, 5) is 15.4. The fraction of sp³-hybridized carbons (Fsp3) is 0.158. The molecule has 0 saturated carbocycles. The molecule has 0 aliphatic carbocycles. The Morgan fingerprint density at radius 2 is 1.84 bits per heavy atom. The van der Waals surface area contributed by atoms with Crippen LogP contribution in [0.3, 0.4) is 0 Å². The van der Waals surface area contributed by atoms with Crippen LogP contribution in [0, 0.1) is 4.77 Å². The number of H-pyrrole nitrogens is 1. The van der Waals surface area contributed by atoms with Crippen LogP contribution >= 0.6 is 12.2 Å². The Bertz CT molecular complexity index is 1040. The topological polar surface area (TPSA) is 74.6 Å². The Kier molecular flexibility index (Phi) is 3.99. The Balaban J connectivity index is 1.96. The van der Waals surface area contributed by atoms with Crippen LogP contribution in [-0.2, 0) is 6.42 Å². The third kappa shape index (κ3) is 2.69. The van der Waals surface area contributed by atoms with Gasteiger partial charge >= 0.3 is 0 Å². The molecule has 0 radical (unpaired) electrons. The van der Waals surface area contributed by atoms with Crippen molar-refractivity contribution in [1.29, 1.82) is 0 Å². The maximum Gasteiger partial charge on any atom is 0.265 e. The molecular formula is C19H18N3O2S+. The number of aromatic amines is 1. The van der Waals surface area contributed by atoms with Gasteiger partial charge < -0.3 is 10.4 Å². The van der Waals surface area contributed by atoms with Gasteiger partial charge in [-0.05, 0) is 29.9 Å². The molecule has 1 atom stereocenters. The number of rotatable bonds is 2. The molecule has 25 heavy (non-hydrogen) atoms. The number of para-hydroxylation sites is 1. The van der Waals surface area contributed by atoms with E-state index in [4.69, 9.17) is 12.2 Å². The van der Waals surface area contributed by atoms with Crippen molar-refractivity contribution in [2.24, 2.45) is 0 Å². The van der Waals surface area contributed by atoms with Crippen LogP contribution in [0.1, 0.15) is 22.7 Å². The van der Waals surface area contributed by atoms with E-state index in [2.05, 4.69) is 16.4 Å². The fourth-order valence-electron chi connectivity index (χ4n) is 3.51. The number of quaternary nitrogens is 1. The number of fused-ring (bicyclic) bond motifs is 1. The van der Waals surface area contributed by atoms with Gasteiger partial charge in [-0.2, -0.15) is 0 Å². The van der Waals surface area contributed by atoms with Gasteiger partial charge in [0.2, 0.25) is 5.88 Å². The summed E-state index contributed by atoms with van der Waals surface area (Å²) in [5, 5.41) is 13.0. The molecule has 0 bridgehead atoms. The molecule has 0 fully saturated rings. The second-order valence-corrected chi connectivity index (χ2v) is 6.51. The molecule has 0 amide bonds. The molecule has 126 valence electrons. The zero-order chi connectivity index (χ0) is 17.4. The Morgan fingerprint density at radius 3 is 2.64 bits per heavy atom. The van der Waals surface area contributed by atoms with Gasteiger partial charge in [-0.25, -0.2) is 0 Å². The molecule has 0 unspecified atom stereocenters. The molecule has 3 aromatic rings. The summed E-state index contributed by atoms with van der Waals surface area (Å²) in [7, 11) is 0. The van der Waals surface area contributed by atoms with Crippen molar-refractivity contribution >= 4 is 12.2 Å². The van der Waals surface area contributed by atoms with Gasteiger partial charge in [0.05, 0.1) is 12.2 Å². The van der Waals surface area contributed by atoms with Gasteiger partial charge in [0.1, 0.15) is 11.6 Å². The molecule has 4 N–H and O–H groups in total. The van der Waals surface area contributed by atoms with Crippen molar-refractivity contribution in [3.05, 3.63) is 86.4 Å². The number of nitrogens with one attached hydrogen (secondary N) is 1. The molecular weight excluding hydrogens is 334 g/mol. The van der Waals surface area contributed by atoms with Gasteiger partial charge in [0.25, 0.3) is 5.56 Å². The van der Waals surface area contributed by atoms with Crippen molar-refractivity contribution < 1.29 is 10.4 Å². The highest BCUT2D eigenvalue weighted by Crippen LogP contribution is 2.29. The van der Waals surface area contributed by atoms with E-state index in [0.29, 0.717) is 11.3 Å². The highest BCUT2D eigenvalue weighted by molar-refractivity contribution is 7.71. The molecule has 1 aliphatic rings. The summed E-state index contributed by atoms with van der Waals surface area (Å²) >= 11 is 5.29. The minimum absolute atomic E-state index is 0.0992. The van der Waals surface area contributed by atoms with Crippen LogP contribution in [0.2, 0.25) is 0 Å². The Hall–Kier alpha value is -2.70. The summed E-state index contributed by atoms with van der Waals surface area (Å²) in [6, 6.07) is 17.1. The predicted molar refractivity (Wildman–Crippen MR) is 97.7 cm³/mol. The first kappa shape index (κ1) is 15.8. The van der Waals surface area contributed by atoms with E-state index in [1.54, 1.807) is 0 Å². The van der Waals surface area contributed by atoms with Gasteiger partial charge in [-0.1, -0.05) is 42.5 Å². The predicted octanol–water partition coefficient (Wildman–Crippen LogP) is 1.81. The minimum Gasteiger partial charge on any atom is -0.494 e. The largest absolute Gasteiger partial charge is 0.494 e. The third-order valence-corrected chi connectivity index (χ3v) is 4.94. The van der Waals surface area contributed by atoms with E-state index < -0.39 is 0 Å². The summed E-state index contributed by atoms with van der Waals surface area (Å²) in [6.45, 7) is 0.863. The second kappa shape index (κ2) is 6.31. The van der Waals surface area contributed by atoms with E-state index >= 15 is 0 Å². The smallest absolute Gasteiger partial charge is 0.265 e. The van der Waals surface area contributed by atoms with Crippen LogP contribution in [0.4, 0.5) is 0 Å². The van der Waals surface area contributed by atoms with E-state index in [9.17, 15) is 9.90 Å². The van der Waals surface area contributed by atoms with Crippen molar-refractivity contribution in [3.63, 3.8) is 0 Å². The highest BCUT2D eigenvalue weighted by Gasteiger charge is 2.31. The Morgan fingerprint density at radius 1 is 1.12 bits per heavy atom. The van der Waals surface area contributed by atoms with Crippen molar-refractivity contribution in [1.82, 2.24) is 9.55 Å². The van der Waals surface area contributed by atoms with Gasteiger partial charge in [-0.3, -0.25) is 14.3 Å². The third-order valence-electron chi connectivity index (χ3n) is 4.65. The lowest BCUT2D eigenvalue weighted by Gasteiger charge is -2.24. The molecule has 1 aliphatic heterocycles. The van der Waals surface area contributed by atoms with E-state index in [0.717, 1.165) is 18.5 Å². The van der Waals surface area contributed by atoms with Gasteiger partial charge in [0, 0.05) is 12.0 Å². The number of hydrogen-bond donors (Lipinski definition) is 3. The maximum atomic E-state index is 12.6. The summed E-state index contributed by atoms with van der Waals surface area (Å²) in [5.41, 5.74) is 2.98. The number of aromatic hydroxyl groups is 1. The maximum absolute atomic E-state index is 12.6. The van der Waals surface area contributed by atoms with Crippen molar-refractivity contribution in [2.75, 3.05) is 6.54 Å². The number of benzene rings is 2. The monoisotopic (exact) mass is 352 g/mol. The minimum atomic E-state index is -0.340. The molecule has 2 aromatic carbocycles. The quantitative estimate of drug-likeness (QED) is 0.616. The molecule has 0 spiro atoms. The normalized spacial score (nSPS) is 16.4. The molecule has 6 heteroatoms. The summed E-state index contributed by atoms with van der Waals surface area (Å²) in [6.07, 6.45) is 0.948. The fourth-order valence-corrected chi connectivity index (χ4v) is 3.79. The molecule has 0 saturated heterocycles. The number of nitrogens with two attached hydrogens (primary N) is 1. The zero-order valence-electron chi connectivity index (χ0n) is 13.5. The second-order valence-electron chi connectivity index (χ2n) is 6.12. The molecule has 4 rings (SSSR count). The van der Waals surface area contributed by atoms with Crippen LogP contribution in [0.5, 0.6) is 5.88 Å². The Labute approximate surface area is 149 Å². The average molecular weight is 352 g/mol. The zero-order valence-corrected chi connectivity index (χ0v) is 14.3. The average Bonchev–Trinajstić information content (AvgIpc) is 2.62.